The number of aromatic nitrogens is 2. The monoisotopic (exact) mass is 512 g/mol. The molecule has 2 aliphatic heterocycles. The third-order valence-corrected chi connectivity index (χ3v) is 7.89. The lowest BCUT2D eigenvalue weighted by Gasteiger charge is -2.38. The highest BCUT2D eigenvalue weighted by Gasteiger charge is 2.35. The number of fused-ring (bicyclic) bond motifs is 1. The molecule has 0 radical (unpaired) electrons. The molecule has 0 spiro atoms. The predicted molar refractivity (Wildman–Crippen MR) is 150 cm³/mol. The molecule has 2 amide bonds. The maximum absolute atomic E-state index is 13.9. The maximum atomic E-state index is 13.9. The van der Waals surface area contributed by atoms with Crippen molar-refractivity contribution in [1.29, 1.82) is 0 Å². The summed E-state index contributed by atoms with van der Waals surface area (Å²) >= 11 is 0. The van der Waals surface area contributed by atoms with Crippen LogP contribution < -0.4 is 10.2 Å². The first-order valence-electron chi connectivity index (χ1n) is 13.4. The van der Waals surface area contributed by atoms with Crippen LogP contribution in [0.1, 0.15) is 43.7 Å². The number of hydrogen-bond donors (Lipinski definition) is 1. The van der Waals surface area contributed by atoms with Crippen molar-refractivity contribution in [3.63, 3.8) is 0 Å². The van der Waals surface area contributed by atoms with Crippen LogP contribution in [0.2, 0.25) is 0 Å². The minimum atomic E-state index is -0.282. The molecular formula is C30H36N6O2. The number of nitrogens with zero attached hydrogens (tertiary/aromatic N) is 5. The number of likely N-dealkylation sites (N-methyl/N-ethyl adjacent to an activating group) is 1. The van der Waals surface area contributed by atoms with Gasteiger partial charge in [-0.3, -0.25) is 9.59 Å². The van der Waals surface area contributed by atoms with Gasteiger partial charge in [0.25, 0.3) is 0 Å². The molecule has 8 nitrogen and oxygen atoms in total. The third-order valence-electron chi connectivity index (χ3n) is 7.89. The molecule has 2 aliphatic rings. The Morgan fingerprint density at radius 1 is 1.00 bits per heavy atom. The predicted octanol–water partition coefficient (Wildman–Crippen LogP) is 3.97. The molecule has 38 heavy (non-hydrogen) atoms. The Bertz CT molecular complexity index is 1290. The Balaban J connectivity index is 1.32. The lowest BCUT2D eigenvalue weighted by molar-refractivity contribution is -0.133. The molecule has 0 aliphatic carbocycles. The van der Waals surface area contributed by atoms with Gasteiger partial charge in [-0.15, -0.1) is 0 Å². The Labute approximate surface area is 224 Å². The Hall–Kier alpha value is -3.78. The Kier molecular flexibility index (Phi) is 7.42. The number of carbonyl (C=O) groups excluding carboxylic acids is 2. The molecule has 1 N–H and O–H groups in total. The van der Waals surface area contributed by atoms with Gasteiger partial charge >= 0.3 is 0 Å². The highest BCUT2D eigenvalue weighted by molar-refractivity contribution is 6.03. The van der Waals surface area contributed by atoms with E-state index in [0.717, 1.165) is 22.5 Å². The first kappa shape index (κ1) is 25.9. The number of anilines is 2. The third kappa shape index (κ3) is 5.13. The molecule has 2 aromatic carbocycles. The first-order valence-corrected chi connectivity index (χ1v) is 13.4. The summed E-state index contributed by atoms with van der Waals surface area (Å²) in [5, 5.41) is 2.84. The summed E-state index contributed by atoms with van der Waals surface area (Å²) in [6.07, 6.45) is 1.50. The van der Waals surface area contributed by atoms with Crippen molar-refractivity contribution in [3.8, 4) is 11.1 Å². The summed E-state index contributed by atoms with van der Waals surface area (Å²) in [5.41, 5.74) is 4.20. The van der Waals surface area contributed by atoms with Crippen molar-refractivity contribution < 1.29 is 9.59 Å². The SMILES string of the molecule is CC1C(=O)Nc2ncnc(N3CCN(C(=O)[C@H](CN(C)C(C)C)c4ccc(-c5ccccc5)cc4)CC3)c21. The van der Waals surface area contributed by atoms with Crippen LogP contribution in [0.25, 0.3) is 11.1 Å². The molecule has 0 bridgehead atoms. The number of carbonyl (C=O) groups is 2. The molecule has 5 rings (SSSR count). The topological polar surface area (TPSA) is 81.7 Å². The van der Waals surface area contributed by atoms with E-state index >= 15 is 0 Å². The van der Waals surface area contributed by atoms with E-state index in [4.69, 9.17) is 0 Å². The summed E-state index contributed by atoms with van der Waals surface area (Å²) in [7, 11) is 2.08. The van der Waals surface area contributed by atoms with Crippen LogP contribution in [0.3, 0.4) is 0 Å². The van der Waals surface area contributed by atoms with Gasteiger partial charge in [-0.25, -0.2) is 9.97 Å². The van der Waals surface area contributed by atoms with Crippen molar-refractivity contribution in [2.75, 3.05) is 50.0 Å². The normalized spacial score (nSPS) is 18.1. The summed E-state index contributed by atoms with van der Waals surface area (Å²) in [5.74, 6) is 0.968. The van der Waals surface area contributed by atoms with Crippen LogP contribution in [0.15, 0.2) is 60.9 Å². The summed E-state index contributed by atoms with van der Waals surface area (Å²) in [6.45, 7) is 9.39. The van der Waals surface area contributed by atoms with Crippen LogP contribution in [0.4, 0.5) is 11.6 Å². The minimum Gasteiger partial charge on any atom is -0.353 e. The molecule has 198 valence electrons. The fourth-order valence-electron chi connectivity index (χ4n) is 5.22. The molecule has 0 saturated carbocycles. The lowest BCUT2D eigenvalue weighted by atomic mass is 9.93. The zero-order valence-electron chi connectivity index (χ0n) is 22.6. The molecule has 2 atom stereocenters. The largest absolute Gasteiger partial charge is 0.353 e. The summed E-state index contributed by atoms with van der Waals surface area (Å²) in [4.78, 5) is 41.3. The number of piperazine rings is 1. The van der Waals surface area contributed by atoms with Crippen molar-refractivity contribution in [1.82, 2.24) is 19.8 Å². The van der Waals surface area contributed by atoms with E-state index in [-0.39, 0.29) is 23.7 Å². The molecule has 3 heterocycles. The van der Waals surface area contributed by atoms with Crippen molar-refractivity contribution in [2.24, 2.45) is 0 Å². The van der Waals surface area contributed by atoms with Crippen LogP contribution in [-0.4, -0.2) is 77.4 Å². The van der Waals surface area contributed by atoms with Gasteiger partial charge in [-0.1, -0.05) is 54.6 Å². The van der Waals surface area contributed by atoms with E-state index in [1.807, 2.05) is 30.0 Å². The Morgan fingerprint density at radius 3 is 2.32 bits per heavy atom. The van der Waals surface area contributed by atoms with Gasteiger partial charge in [-0.2, -0.15) is 0 Å². The van der Waals surface area contributed by atoms with Crippen molar-refractivity contribution >= 4 is 23.5 Å². The van der Waals surface area contributed by atoms with Crippen LogP contribution in [0, 0.1) is 0 Å². The van der Waals surface area contributed by atoms with Gasteiger partial charge in [-0.05, 0) is 44.5 Å². The second kappa shape index (κ2) is 10.9. The summed E-state index contributed by atoms with van der Waals surface area (Å²) < 4.78 is 0. The molecule has 8 heteroatoms. The highest BCUT2D eigenvalue weighted by atomic mass is 16.2. The van der Waals surface area contributed by atoms with Crippen molar-refractivity contribution in [3.05, 3.63) is 72.1 Å². The van der Waals surface area contributed by atoms with Gasteiger partial charge in [0.2, 0.25) is 11.8 Å². The number of amides is 2. The number of nitrogens with one attached hydrogen (secondary N) is 1. The second-order valence-corrected chi connectivity index (χ2v) is 10.6. The number of hydrogen-bond acceptors (Lipinski definition) is 6. The molecule has 1 unspecified atom stereocenters. The van der Waals surface area contributed by atoms with Gasteiger partial charge in [0, 0.05) is 44.3 Å². The van der Waals surface area contributed by atoms with Crippen LogP contribution >= 0.6 is 0 Å². The highest BCUT2D eigenvalue weighted by Crippen LogP contribution is 2.37. The van der Waals surface area contributed by atoms with E-state index in [0.29, 0.717) is 44.6 Å². The average molecular weight is 513 g/mol. The summed E-state index contributed by atoms with van der Waals surface area (Å²) in [6, 6.07) is 19.1. The molecule has 1 saturated heterocycles. The van der Waals surface area contributed by atoms with E-state index in [1.54, 1.807) is 0 Å². The quantitative estimate of drug-likeness (QED) is 0.516. The van der Waals surface area contributed by atoms with Crippen molar-refractivity contribution in [2.45, 2.75) is 38.6 Å². The van der Waals surface area contributed by atoms with Gasteiger partial charge in [0.05, 0.1) is 11.8 Å². The van der Waals surface area contributed by atoms with Crippen LogP contribution in [-0.2, 0) is 9.59 Å². The lowest BCUT2D eigenvalue weighted by Crippen LogP contribution is -2.51. The molecular weight excluding hydrogens is 476 g/mol. The minimum absolute atomic E-state index is 0.0500. The van der Waals surface area contributed by atoms with Gasteiger partial charge in [0.1, 0.15) is 18.0 Å². The van der Waals surface area contributed by atoms with Gasteiger partial charge < -0.3 is 20.0 Å². The molecule has 3 aromatic rings. The van der Waals surface area contributed by atoms with E-state index in [9.17, 15) is 9.59 Å². The number of rotatable bonds is 7. The average Bonchev–Trinajstić information content (AvgIpc) is 3.25. The van der Waals surface area contributed by atoms with Gasteiger partial charge in [0.15, 0.2) is 0 Å². The zero-order valence-corrected chi connectivity index (χ0v) is 22.6. The fraction of sp³-hybridized carbons (Fsp3) is 0.400. The smallest absolute Gasteiger partial charge is 0.233 e. The van der Waals surface area contributed by atoms with Crippen LogP contribution in [0.5, 0.6) is 0 Å². The standard InChI is InChI=1S/C30H36N6O2/c1-20(2)34(4)18-25(24-12-10-23(11-13-24)22-8-6-5-7-9-22)30(38)36-16-14-35(15-17-36)28-26-21(3)29(37)33-27(26)31-19-32-28/h5-13,19-21,25H,14-18H2,1-4H3,(H,31,32,33,37)/t21?,25-/m1/s1. The maximum Gasteiger partial charge on any atom is 0.233 e. The zero-order chi connectivity index (χ0) is 26.8. The number of benzene rings is 2. The van der Waals surface area contributed by atoms with E-state index in [2.05, 4.69) is 82.4 Å². The Morgan fingerprint density at radius 2 is 1.66 bits per heavy atom. The van der Waals surface area contributed by atoms with E-state index in [1.165, 1.54) is 11.9 Å². The molecule has 1 fully saturated rings. The second-order valence-electron chi connectivity index (χ2n) is 10.6. The van der Waals surface area contributed by atoms with E-state index < -0.39 is 0 Å². The first-order chi connectivity index (χ1) is 18.3. The fourth-order valence-corrected chi connectivity index (χ4v) is 5.22. The molecule has 1 aromatic heterocycles.